The third-order valence-corrected chi connectivity index (χ3v) is 6.86. The molecule has 2 aliphatic rings. The van der Waals surface area contributed by atoms with Crippen LogP contribution in [0.15, 0.2) is 30.3 Å². The lowest BCUT2D eigenvalue weighted by atomic mass is 9.88. The maximum absolute atomic E-state index is 12.4. The molecule has 26 heavy (non-hydrogen) atoms. The standard InChI is InChI=1S/C20H30N2O3S/c1-26(24,25)17-16-22-19(23)8-11-20(22)10-5-13-21(15-12-20)14-9-18-6-3-2-4-7-18/h2-4,6-7H,5,8-17H2,1H3/t20-/m1/s1. The van der Waals surface area contributed by atoms with Crippen LogP contribution in [0, 0.1) is 0 Å². The Balaban J connectivity index is 1.59. The number of sulfone groups is 1. The Kier molecular flexibility index (Phi) is 6.03. The molecule has 6 heteroatoms. The van der Waals surface area contributed by atoms with Gasteiger partial charge < -0.3 is 9.80 Å². The van der Waals surface area contributed by atoms with Gasteiger partial charge in [-0.1, -0.05) is 30.3 Å². The first-order chi connectivity index (χ1) is 12.4. The number of carbonyl (C=O) groups excluding carboxylic acids is 1. The first kappa shape index (κ1) is 19.4. The van der Waals surface area contributed by atoms with Crippen molar-refractivity contribution in [3.05, 3.63) is 35.9 Å². The monoisotopic (exact) mass is 378 g/mol. The molecule has 2 heterocycles. The van der Waals surface area contributed by atoms with Crippen molar-refractivity contribution in [3.63, 3.8) is 0 Å². The van der Waals surface area contributed by atoms with E-state index in [2.05, 4.69) is 29.2 Å². The summed E-state index contributed by atoms with van der Waals surface area (Å²) in [7, 11) is -3.05. The zero-order chi connectivity index (χ0) is 18.6. The van der Waals surface area contributed by atoms with Crippen molar-refractivity contribution in [2.75, 3.05) is 38.2 Å². The Morgan fingerprint density at radius 3 is 2.54 bits per heavy atom. The summed E-state index contributed by atoms with van der Waals surface area (Å²) in [4.78, 5) is 16.8. The lowest BCUT2D eigenvalue weighted by molar-refractivity contribution is -0.131. The second-order valence-electron chi connectivity index (χ2n) is 7.83. The Morgan fingerprint density at radius 1 is 1.04 bits per heavy atom. The topological polar surface area (TPSA) is 57.7 Å². The Labute approximate surface area is 157 Å². The second kappa shape index (κ2) is 8.09. The van der Waals surface area contributed by atoms with Crippen LogP contribution >= 0.6 is 0 Å². The molecule has 5 nitrogen and oxygen atoms in total. The van der Waals surface area contributed by atoms with E-state index in [1.165, 1.54) is 11.8 Å². The van der Waals surface area contributed by atoms with E-state index < -0.39 is 9.84 Å². The van der Waals surface area contributed by atoms with Crippen LogP contribution in [0.1, 0.15) is 37.7 Å². The molecule has 0 radical (unpaired) electrons. The number of benzene rings is 1. The highest BCUT2D eigenvalue weighted by atomic mass is 32.2. The molecule has 1 aromatic carbocycles. The first-order valence-electron chi connectivity index (χ1n) is 9.62. The zero-order valence-corrected chi connectivity index (χ0v) is 16.5. The molecule has 0 aliphatic carbocycles. The largest absolute Gasteiger partial charge is 0.336 e. The van der Waals surface area contributed by atoms with Gasteiger partial charge >= 0.3 is 0 Å². The average Bonchev–Trinajstić information content (AvgIpc) is 2.77. The summed E-state index contributed by atoms with van der Waals surface area (Å²) in [6.45, 7) is 3.43. The Morgan fingerprint density at radius 2 is 1.81 bits per heavy atom. The van der Waals surface area contributed by atoms with Crippen molar-refractivity contribution >= 4 is 15.7 Å². The third kappa shape index (κ3) is 4.86. The van der Waals surface area contributed by atoms with Crippen molar-refractivity contribution < 1.29 is 13.2 Å². The zero-order valence-electron chi connectivity index (χ0n) is 15.7. The molecule has 144 valence electrons. The van der Waals surface area contributed by atoms with Crippen molar-refractivity contribution in [3.8, 4) is 0 Å². The van der Waals surface area contributed by atoms with Gasteiger partial charge in [-0.3, -0.25) is 4.79 Å². The van der Waals surface area contributed by atoms with Crippen LogP contribution in [-0.2, 0) is 21.1 Å². The van der Waals surface area contributed by atoms with E-state index in [1.54, 1.807) is 0 Å². The van der Waals surface area contributed by atoms with Gasteiger partial charge in [-0.25, -0.2) is 8.42 Å². The van der Waals surface area contributed by atoms with Gasteiger partial charge in [0.25, 0.3) is 0 Å². The fourth-order valence-electron chi connectivity index (χ4n) is 4.40. The summed E-state index contributed by atoms with van der Waals surface area (Å²) >= 11 is 0. The highest BCUT2D eigenvalue weighted by Crippen LogP contribution is 2.39. The van der Waals surface area contributed by atoms with Crippen LogP contribution in [0.2, 0.25) is 0 Å². The minimum Gasteiger partial charge on any atom is -0.336 e. The highest BCUT2D eigenvalue weighted by Gasteiger charge is 2.45. The predicted molar refractivity (Wildman–Crippen MR) is 104 cm³/mol. The number of amides is 1. The molecule has 0 N–H and O–H groups in total. The Hall–Kier alpha value is -1.40. The van der Waals surface area contributed by atoms with E-state index in [9.17, 15) is 13.2 Å². The van der Waals surface area contributed by atoms with E-state index >= 15 is 0 Å². The van der Waals surface area contributed by atoms with E-state index in [0.29, 0.717) is 13.0 Å². The molecule has 0 bridgehead atoms. The van der Waals surface area contributed by atoms with Gasteiger partial charge in [-0.15, -0.1) is 0 Å². The minimum atomic E-state index is -3.05. The maximum atomic E-state index is 12.4. The second-order valence-corrected chi connectivity index (χ2v) is 10.1. The molecular formula is C20H30N2O3S. The predicted octanol–water partition coefficient (Wildman–Crippen LogP) is 2.12. The number of hydrogen-bond acceptors (Lipinski definition) is 4. The van der Waals surface area contributed by atoms with Gasteiger partial charge in [0.2, 0.25) is 5.91 Å². The molecule has 2 fully saturated rings. The van der Waals surface area contributed by atoms with Gasteiger partial charge in [0, 0.05) is 37.8 Å². The lowest BCUT2D eigenvalue weighted by Crippen LogP contribution is -2.48. The van der Waals surface area contributed by atoms with Gasteiger partial charge in [0.15, 0.2) is 0 Å². The molecule has 0 aromatic heterocycles. The van der Waals surface area contributed by atoms with Crippen molar-refractivity contribution in [1.29, 1.82) is 0 Å². The number of nitrogens with zero attached hydrogens (tertiary/aromatic N) is 2. The fourth-order valence-corrected chi connectivity index (χ4v) is 4.92. The number of hydrogen-bond donors (Lipinski definition) is 0. The van der Waals surface area contributed by atoms with Gasteiger partial charge in [0.1, 0.15) is 9.84 Å². The SMILES string of the molecule is CS(=O)(=O)CCN1C(=O)CC[C@@]12CCCN(CCc1ccccc1)CC2. The third-order valence-electron chi connectivity index (χ3n) is 5.93. The molecule has 0 saturated carbocycles. The van der Waals surface area contributed by atoms with Crippen molar-refractivity contribution in [1.82, 2.24) is 9.80 Å². The minimum absolute atomic E-state index is 0.0677. The van der Waals surface area contributed by atoms with E-state index in [4.69, 9.17) is 0 Å². The van der Waals surface area contributed by atoms with Crippen LogP contribution in [0.3, 0.4) is 0 Å². The van der Waals surface area contributed by atoms with Gasteiger partial charge in [-0.2, -0.15) is 0 Å². The summed E-state index contributed by atoms with van der Waals surface area (Å²) in [5.74, 6) is 0.199. The molecule has 1 spiro atoms. The molecule has 3 rings (SSSR count). The maximum Gasteiger partial charge on any atom is 0.223 e. The van der Waals surface area contributed by atoms with E-state index in [1.807, 2.05) is 11.0 Å². The number of rotatable bonds is 6. The summed E-state index contributed by atoms with van der Waals surface area (Å²) in [6.07, 6.45) is 6.75. The lowest BCUT2D eigenvalue weighted by Gasteiger charge is -2.38. The smallest absolute Gasteiger partial charge is 0.223 e. The molecule has 1 amide bonds. The molecule has 1 atom stereocenters. The van der Waals surface area contributed by atoms with Crippen LogP contribution in [-0.4, -0.2) is 67.9 Å². The van der Waals surface area contributed by atoms with Gasteiger partial charge in [-0.05, 0) is 44.2 Å². The fraction of sp³-hybridized carbons (Fsp3) is 0.650. The van der Waals surface area contributed by atoms with Crippen molar-refractivity contribution in [2.24, 2.45) is 0 Å². The molecule has 2 aliphatic heterocycles. The molecule has 2 saturated heterocycles. The average molecular weight is 379 g/mol. The molecule has 1 aromatic rings. The van der Waals surface area contributed by atoms with Crippen LogP contribution in [0.4, 0.5) is 0 Å². The highest BCUT2D eigenvalue weighted by molar-refractivity contribution is 7.90. The normalized spacial score (nSPS) is 25.0. The summed E-state index contributed by atoms with van der Waals surface area (Å²) in [6, 6.07) is 10.5. The number of likely N-dealkylation sites (tertiary alicyclic amines) is 2. The molecule has 0 unspecified atom stereocenters. The van der Waals surface area contributed by atoms with Crippen LogP contribution < -0.4 is 0 Å². The van der Waals surface area contributed by atoms with Crippen molar-refractivity contribution in [2.45, 2.75) is 44.1 Å². The molecular weight excluding hydrogens is 348 g/mol. The Bertz CT molecular complexity index is 720. The summed E-state index contributed by atoms with van der Waals surface area (Å²) in [5, 5.41) is 0. The van der Waals surface area contributed by atoms with Crippen LogP contribution in [0.25, 0.3) is 0 Å². The van der Waals surface area contributed by atoms with E-state index in [-0.39, 0.29) is 17.2 Å². The number of carbonyl (C=O) groups is 1. The van der Waals surface area contributed by atoms with Gasteiger partial charge in [0.05, 0.1) is 5.75 Å². The summed E-state index contributed by atoms with van der Waals surface area (Å²) in [5.41, 5.74) is 1.24. The van der Waals surface area contributed by atoms with E-state index in [0.717, 1.165) is 51.7 Å². The van der Waals surface area contributed by atoms with Crippen LogP contribution in [0.5, 0.6) is 0 Å². The summed E-state index contributed by atoms with van der Waals surface area (Å²) < 4.78 is 23.1. The quantitative estimate of drug-likeness (QED) is 0.761. The first-order valence-corrected chi connectivity index (χ1v) is 11.7.